The van der Waals surface area contributed by atoms with Crippen molar-refractivity contribution < 1.29 is 9.90 Å². The van der Waals surface area contributed by atoms with Crippen LogP contribution in [0.25, 0.3) is 0 Å². The van der Waals surface area contributed by atoms with Crippen LogP contribution in [0.2, 0.25) is 0 Å². The van der Waals surface area contributed by atoms with Crippen molar-refractivity contribution in [3.63, 3.8) is 0 Å². The maximum atomic E-state index is 12.0. The van der Waals surface area contributed by atoms with Gasteiger partial charge in [-0.2, -0.15) is 0 Å². The lowest BCUT2D eigenvalue weighted by atomic mass is 9.93. The molecule has 4 heteroatoms. The second-order valence-corrected chi connectivity index (χ2v) is 5.01. The molecule has 1 amide bonds. The van der Waals surface area contributed by atoms with Crippen LogP contribution in [0.1, 0.15) is 24.8 Å². The van der Waals surface area contributed by atoms with Gasteiger partial charge >= 0.3 is 0 Å². The molecule has 2 rings (SSSR count). The minimum absolute atomic E-state index is 0.0211. The molecule has 1 aromatic rings. The van der Waals surface area contributed by atoms with Gasteiger partial charge in [0.15, 0.2) is 0 Å². The average molecular weight is 262 g/mol. The highest BCUT2D eigenvalue weighted by atomic mass is 16.2. The number of hydrogen-bond donors (Lipinski definition) is 3. The predicted octanol–water partition coefficient (Wildman–Crippen LogP) is 1.55. The molecule has 0 bridgehead atoms. The van der Waals surface area contributed by atoms with Crippen molar-refractivity contribution in [2.45, 2.75) is 25.7 Å². The second-order valence-electron chi connectivity index (χ2n) is 5.01. The van der Waals surface area contributed by atoms with Gasteiger partial charge in [0.05, 0.1) is 5.92 Å². The largest absolute Gasteiger partial charge is 0.396 e. The minimum Gasteiger partial charge on any atom is -0.396 e. The number of aliphatic hydroxyl groups is 1. The number of nitrogens with one attached hydrogen (secondary N) is 2. The molecule has 0 radical (unpaired) electrons. The Morgan fingerprint density at radius 2 is 2.16 bits per heavy atom. The summed E-state index contributed by atoms with van der Waals surface area (Å²) in [4.78, 5) is 12.0. The summed E-state index contributed by atoms with van der Waals surface area (Å²) >= 11 is 0. The molecule has 0 aromatic heterocycles. The third-order valence-corrected chi connectivity index (χ3v) is 3.53. The van der Waals surface area contributed by atoms with E-state index in [9.17, 15) is 4.79 Å². The van der Waals surface area contributed by atoms with Crippen LogP contribution in [-0.4, -0.2) is 30.7 Å². The average Bonchev–Trinajstić information content (AvgIpc) is 2.46. The molecule has 1 aromatic carbocycles. The van der Waals surface area contributed by atoms with Crippen LogP contribution in [0, 0.1) is 5.92 Å². The summed E-state index contributed by atoms with van der Waals surface area (Å²) in [5.41, 5.74) is 2.36. The van der Waals surface area contributed by atoms with Crippen LogP contribution in [0.15, 0.2) is 24.3 Å². The topological polar surface area (TPSA) is 61.4 Å². The summed E-state index contributed by atoms with van der Waals surface area (Å²) in [6, 6.07) is 8.14. The van der Waals surface area contributed by atoms with E-state index in [-0.39, 0.29) is 18.4 Å². The van der Waals surface area contributed by atoms with Crippen molar-refractivity contribution in [1.29, 1.82) is 0 Å². The highest BCUT2D eigenvalue weighted by Gasteiger charge is 2.23. The summed E-state index contributed by atoms with van der Waals surface area (Å²) in [5.74, 6) is 0.152. The third-order valence-electron chi connectivity index (χ3n) is 3.53. The highest BCUT2D eigenvalue weighted by Crippen LogP contribution is 2.24. The van der Waals surface area contributed by atoms with Crippen LogP contribution in [-0.2, 0) is 11.2 Å². The number of hydrogen-bond acceptors (Lipinski definition) is 3. The minimum atomic E-state index is 0.0211. The van der Waals surface area contributed by atoms with Crippen LogP contribution < -0.4 is 10.6 Å². The zero-order valence-corrected chi connectivity index (χ0v) is 11.2. The fourth-order valence-electron chi connectivity index (χ4n) is 2.40. The van der Waals surface area contributed by atoms with Gasteiger partial charge in [0.2, 0.25) is 5.91 Å². The Bertz CT molecular complexity index is 420. The second kappa shape index (κ2) is 7.14. The first-order valence-corrected chi connectivity index (χ1v) is 7.01. The molecular formula is C15H22N2O2. The van der Waals surface area contributed by atoms with Crippen LogP contribution >= 0.6 is 0 Å². The van der Waals surface area contributed by atoms with E-state index in [2.05, 4.69) is 22.8 Å². The van der Waals surface area contributed by atoms with E-state index in [0.29, 0.717) is 13.1 Å². The van der Waals surface area contributed by atoms with Crippen LogP contribution in [0.4, 0.5) is 5.69 Å². The molecule has 1 atom stereocenters. The van der Waals surface area contributed by atoms with E-state index < -0.39 is 0 Å². The number of amides is 1. The lowest BCUT2D eigenvalue weighted by Crippen LogP contribution is -2.38. The zero-order chi connectivity index (χ0) is 13.5. The Morgan fingerprint density at radius 1 is 1.32 bits per heavy atom. The molecule has 0 spiro atoms. The molecule has 4 nitrogen and oxygen atoms in total. The SMILES string of the molecule is O=C(NCCCCCO)C1CNc2ccccc2C1. The van der Waals surface area contributed by atoms with Gasteiger partial charge < -0.3 is 15.7 Å². The maximum Gasteiger partial charge on any atom is 0.225 e. The molecule has 0 fully saturated rings. The van der Waals surface area contributed by atoms with Gasteiger partial charge in [-0.15, -0.1) is 0 Å². The predicted molar refractivity (Wildman–Crippen MR) is 76.1 cm³/mol. The molecule has 1 aliphatic heterocycles. The lowest BCUT2D eigenvalue weighted by molar-refractivity contribution is -0.124. The van der Waals surface area contributed by atoms with Crippen molar-refractivity contribution in [3.05, 3.63) is 29.8 Å². The standard InChI is InChI=1S/C15H22N2O2/c18-9-5-1-4-8-16-15(19)13-10-12-6-2-3-7-14(12)17-11-13/h2-3,6-7,13,17-18H,1,4-5,8-11H2,(H,16,19). The number of unbranched alkanes of at least 4 members (excludes halogenated alkanes) is 2. The molecule has 104 valence electrons. The van der Waals surface area contributed by atoms with Gasteiger partial charge in [-0.25, -0.2) is 0 Å². The van der Waals surface area contributed by atoms with Gasteiger partial charge in [-0.05, 0) is 37.3 Å². The number of carbonyl (C=O) groups is 1. The number of benzene rings is 1. The normalized spacial score (nSPS) is 17.4. The fourth-order valence-corrected chi connectivity index (χ4v) is 2.40. The van der Waals surface area contributed by atoms with Crippen molar-refractivity contribution in [2.75, 3.05) is 25.0 Å². The van der Waals surface area contributed by atoms with E-state index in [0.717, 1.165) is 31.4 Å². The third kappa shape index (κ3) is 3.96. The molecule has 1 unspecified atom stereocenters. The quantitative estimate of drug-likeness (QED) is 0.682. The monoisotopic (exact) mass is 262 g/mol. The molecule has 0 saturated heterocycles. The molecule has 19 heavy (non-hydrogen) atoms. The summed E-state index contributed by atoms with van der Waals surface area (Å²) in [6.45, 7) is 1.65. The van der Waals surface area contributed by atoms with E-state index in [1.807, 2.05) is 12.1 Å². The Hall–Kier alpha value is -1.55. The lowest BCUT2D eigenvalue weighted by Gasteiger charge is -2.25. The Labute approximate surface area is 114 Å². The highest BCUT2D eigenvalue weighted by molar-refractivity contribution is 5.80. The smallest absolute Gasteiger partial charge is 0.225 e. The number of aliphatic hydroxyl groups excluding tert-OH is 1. The molecular weight excluding hydrogens is 240 g/mol. The first-order valence-electron chi connectivity index (χ1n) is 7.01. The molecule has 0 saturated carbocycles. The van der Waals surface area contributed by atoms with Crippen molar-refractivity contribution in [1.82, 2.24) is 5.32 Å². The number of para-hydroxylation sites is 1. The maximum absolute atomic E-state index is 12.0. The number of rotatable bonds is 6. The summed E-state index contributed by atoms with van der Waals surface area (Å²) in [6.07, 6.45) is 3.52. The summed E-state index contributed by atoms with van der Waals surface area (Å²) in [5, 5.41) is 15.0. The van der Waals surface area contributed by atoms with E-state index >= 15 is 0 Å². The zero-order valence-electron chi connectivity index (χ0n) is 11.2. The molecule has 1 heterocycles. The van der Waals surface area contributed by atoms with Crippen LogP contribution in [0.5, 0.6) is 0 Å². The number of carbonyl (C=O) groups excluding carboxylic acids is 1. The molecule has 1 aliphatic rings. The van der Waals surface area contributed by atoms with Crippen molar-refractivity contribution >= 4 is 11.6 Å². The van der Waals surface area contributed by atoms with E-state index in [4.69, 9.17) is 5.11 Å². The van der Waals surface area contributed by atoms with Gasteiger partial charge in [-0.1, -0.05) is 18.2 Å². The van der Waals surface area contributed by atoms with Crippen molar-refractivity contribution in [3.8, 4) is 0 Å². The van der Waals surface area contributed by atoms with Gasteiger partial charge in [0.25, 0.3) is 0 Å². The van der Waals surface area contributed by atoms with Crippen molar-refractivity contribution in [2.24, 2.45) is 5.92 Å². The summed E-state index contributed by atoms with van der Waals surface area (Å²) < 4.78 is 0. The Balaban J connectivity index is 1.76. The fraction of sp³-hybridized carbons (Fsp3) is 0.533. The summed E-state index contributed by atoms with van der Waals surface area (Å²) in [7, 11) is 0. The van der Waals surface area contributed by atoms with Gasteiger partial charge in [0, 0.05) is 25.4 Å². The van der Waals surface area contributed by atoms with E-state index in [1.54, 1.807) is 0 Å². The number of anilines is 1. The Kier molecular flexibility index (Phi) is 5.21. The Morgan fingerprint density at radius 3 is 3.00 bits per heavy atom. The number of fused-ring (bicyclic) bond motifs is 1. The van der Waals surface area contributed by atoms with E-state index in [1.165, 1.54) is 5.56 Å². The molecule has 3 N–H and O–H groups in total. The van der Waals surface area contributed by atoms with Gasteiger partial charge in [0.1, 0.15) is 0 Å². The van der Waals surface area contributed by atoms with Crippen LogP contribution in [0.3, 0.4) is 0 Å². The van der Waals surface area contributed by atoms with Gasteiger partial charge in [-0.3, -0.25) is 4.79 Å². The first-order chi connectivity index (χ1) is 9.31. The first kappa shape index (κ1) is 13.9. The molecule has 0 aliphatic carbocycles.